The van der Waals surface area contributed by atoms with Gasteiger partial charge in [-0.2, -0.15) is 0 Å². The smallest absolute Gasteiger partial charge is 0.220 e. The molecule has 0 fully saturated rings. The van der Waals surface area contributed by atoms with Crippen LogP contribution in [0.4, 0.5) is 0 Å². The monoisotopic (exact) mass is 300 g/mol. The summed E-state index contributed by atoms with van der Waals surface area (Å²) in [5.74, 6) is 0.939. The van der Waals surface area contributed by atoms with E-state index < -0.39 is 0 Å². The molecule has 5 heteroatoms. The molecule has 0 spiro atoms. The second-order valence-corrected chi connectivity index (χ2v) is 4.89. The maximum atomic E-state index is 11.5. The molecular weight excluding hydrogens is 276 g/mol. The van der Waals surface area contributed by atoms with Crippen LogP contribution in [0.1, 0.15) is 30.9 Å². The number of carbonyl (C=O) groups excluding carboxylic acids is 1. The largest absolute Gasteiger partial charge is 0.491 e. The fourth-order valence-electron chi connectivity index (χ4n) is 1.89. The molecule has 20 heavy (non-hydrogen) atoms. The highest BCUT2D eigenvalue weighted by atomic mass is 35.5. The summed E-state index contributed by atoms with van der Waals surface area (Å²) < 4.78 is 5.80. The summed E-state index contributed by atoms with van der Waals surface area (Å²) in [5.41, 5.74) is 7.60. The standard InChI is InChI=1S/C15H24N2O2.ClH/c1-11-6-4-7-12(2)15(11)19-10-13(3)17-14(18)8-5-9-16;/h4,6-7,13H,5,8-10,16H2,1-3H3,(H,17,18);1H. The van der Waals surface area contributed by atoms with Crippen LogP contribution in [-0.2, 0) is 4.79 Å². The Kier molecular flexibility index (Phi) is 9.01. The van der Waals surface area contributed by atoms with Gasteiger partial charge < -0.3 is 15.8 Å². The zero-order chi connectivity index (χ0) is 14.3. The number of rotatable bonds is 7. The third-order valence-electron chi connectivity index (χ3n) is 2.90. The fraction of sp³-hybridized carbons (Fsp3) is 0.533. The van der Waals surface area contributed by atoms with Crippen molar-refractivity contribution in [3.05, 3.63) is 29.3 Å². The first-order valence-electron chi connectivity index (χ1n) is 6.73. The van der Waals surface area contributed by atoms with Crippen molar-refractivity contribution in [2.24, 2.45) is 5.73 Å². The van der Waals surface area contributed by atoms with Gasteiger partial charge in [0.2, 0.25) is 5.91 Å². The Balaban J connectivity index is 0.00000361. The van der Waals surface area contributed by atoms with Gasteiger partial charge in [0.15, 0.2) is 0 Å². The number of aryl methyl sites for hydroxylation is 2. The van der Waals surface area contributed by atoms with Crippen molar-refractivity contribution in [1.82, 2.24) is 5.32 Å². The molecule has 0 aliphatic heterocycles. The SMILES string of the molecule is Cc1cccc(C)c1OCC(C)NC(=O)CCCN.Cl. The van der Waals surface area contributed by atoms with E-state index in [1.54, 1.807) is 0 Å². The van der Waals surface area contributed by atoms with Gasteiger partial charge >= 0.3 is 0 Å². The van der Waals surface area contributed by atoms with Crippen LogP contribution in [0, 0.1) is 13.8 Å². The first kappa shape index (κ1) is 18.7. The number of halogens is 1. The normalized spacial score (nSPS) is 11.4. The second kappa shape index (κ2) is 9.61. The van der Waals surface area contributed by atoms with Gasteiger partial charge in [-0.05, 0) is 44.9 Å². The third-order valence-corrected chi connectivity index (χ3v) is 2.90. The molecule has 0 bridgehead atoms. The molecule has 1 unspecified atom stereocenters. The Hall–Kier alpha value is -1.26. The topological polar surface area (TPSA) is 64.3 Å². The fourth-order valence-corrected chi connectivity index (χ4v) is 1.89. The average Bonchev–Trinajstić information content (AvgIpc) is 2.35. The summed E-state index contributed by atoms with van der Waals surface area (Å²) >= 11 is 0. The van der Waals surface area contributed by atoms with E-state index in [4.69, 9.17) is 10.5 Å². The molecule has 0 heterocycles. The highest BCUT2D eigenvalue weighted by molar-refractivity contribution is 5.85. The van der Waals surface area contributed by atoms with Crippen molar-refractivity contribution < 1.29 is 9.53 Å². The number of amides is 1. The minimum Gasteiger partial charge on any atom is -0.491 e. The van der Waals surface area contributed by atoms with E-state index in [1.807, 2.05) is 39.0 Å². The molecule has 1 atom stereocenters. The zero-order valence-corrected chi connectivity index (χ0v) is 13.3. The number of nitrogens with one attached hydrogen (secondary N) is 1. The Morgan fingerprint density at radius 2 is 1.95 bits per heavy atom. The Morgan fingerprint density at radius 1 is 1.35 bits per heavy atom. The summed E-state index contributed by atoms with van der Waals surface area (Å²) in [7, 11) is 0. The number of carbonyl (C=O) groups is 1. The molecule has 4 nitrogen and oxygen atoms in total. The van der Waals surface area contributed by atoms with Gasteiger partial charge in [0.1, 0.15) is 12.4 Å². The summed E-state index contributed by atoms with van der Waals surface area (Å²) in [6, 6.07) is 6.04. The van der Waals surface area contributed by atoms with Gasteiger partial charge in [0.25, 0.3) is 0 Å². The maximum Gasteiger partial charge on any atom is 0.220 e. The second-order valence-electron chi connectivity index (χ2n) is 4.89. The van der Waals surface area contributed by atoms with Crippen LogP contribution >= 0.6 is 12.4 Å². The predicted molar refractivity (Wildman–Crippen MR) is 84.6 cm³/mol. The maximum absolute atomic E-state index is 11.5. The van der Waals surface area contributed by atoms with Gasteiger partial charge in [0, 0.05) is 6.42 Å². The van der Waals surface area contributed by atoms with E-state index in [0.717, 1.165) is 23.3 Å². The van der Waals surface area contributed by atoms with Crippen molar-refractivity contribution in [2.75, 3.05) is 13.2 Å². The highest BCUT2D eigenvalue weighted by Gasteiger charge is 2.09. The molecule has 0 aromatic heterocycles. The van der Waals surface area contributed by atoms with Crippen LogP contribution in [0.3, 0.4) is 0 Å². The van der Waals surface area contributed by atoms with Crippen LogP contribution < -0.4 is 15.8 Å². The van der Waals surface area contributed by atoms with Crippen molar-refractivity contribution in [1.29, 1.82) is 0 Å². The van der Waals surface area contributed by atoms with E-state index in [9.17, 15) is 4.79 Å². The van der Waals surface area contributed by atoms with Gasteiger partial charge in [0.05, 0.1) is 6.04 Å². The summed E-state index contributed by atoms with van der Waals surface area (Å²) in [4.78, 5) is 11.5. The van der Waals surface area contributed by atoms with Crippen LogP contribution in [-0.4, -0.2) is 25.1 Å². The van der Waals surface area contributed by atoms with Crippen molar-refractivity contribution in [3.8, 4) is 5.75 Å². The first-order valence-corrected chi connectivity index (χ1v) is 6.73. The zero-order valence-electron chi connectivity index (χ0n) is 12.4. The molecule has 1 amide bonds. The van der Waals surface area contributed by atoms with E-state index >= 15 is 0 Å². The van der Waals surface area contributed by atoms with Gasteiger partial charge in [-0.1, -0.05) is 18.2 Å². The molecule has 0 radical (unpaired) electrons. The van der Waals surface area contributed by atoms with E-state index in [-0.39, 0.29) is 24.4 Å². The Bertz CT molecular complexity index is 404. The molecule has 1 rings (SSSR count). The van der Waals surface area contributed by atoms with E-state index in [0.29, 0.717) is 19.6 Å². The molecular formula is C15H25ClN2O2. The van der Waals surface area contributed by atoms with Crippen molar-refractivity contribution >= 4 is 18.3 Å². The lowest BCUT2D eigenvalue weighted by atomic mass is 10.1. The number of ether oxygens (including phenoxy) is 1. The number of para-hydroxylation sites is 1. The lowest BCUT2D eigenvalue weighted by molar-refractivity contribution is -0.121. The lowest BCUT2D eigenvalue weighted by Crippen LogP contribution is -2.37. The number of hydrogen-bond donors (Lipinski definition) is 2. The molecule has 1 aromatic carbocycles. The minimum atomic E-state index is -0.00993. The summed E-state index contributed by atoms with van der Waals surface area (Å²) in [6.45, 7) is 6.99. The molecule has 3 N–H and O–H groups in total. The first-order chi connectivity index (χ1) is 9.04. The van der Waals surface area contributed by atoms with E-state index in [2.05, 4.69) is 5.32 Å². The van der Waals surface area contributed by atoms with Crippen LogP contribution in [0.2, 0.25) is 0 Å². The highest BCUT2D eigenvalue weighted by Crippen LogP contribution is 2.22. The molecule has 0 saturated heterocycles. The average molecular weight is 301 g/mol. The third kappa shape index (κ3) is 6.26. The molecule has 0 aliphatic carbocycles. The number of benzene rings is 1. The van der Waals surface area contributed by atoms with E-state index in [1.165, 1.54) is 0 Å². The number of hydrogen-bond acceptors (Lipinski definition) is 3. The minimum absolute atomic E-state index is 0. The molecule has 0 aliphatic rings. The predicted octanol–water partition coefficient (Wildman–Crippen LogP) is 2.35. The lowest BCUT2D eigenvalue weighted by Gasteiger charge is -2.17. The molecule has 114 valence electrons. The van der Waals surface area contributed by atoms with Crippen molar-refractivity contribution in [3.63, 3.8) is 0 Å². The summed E-state index contributed by atoms with van der Waals surface area (Å²) in [5, 5.41) is 2.90. The molecule has 1 aromatic rings. The van der Waals surface area contributed by atoms with Gasteiger partial charge in [-0.3, -0.25) is 4.79 Å². The van der Waals surface area contributed by atoms with Crippen LogP contribution in [0.25, 0.3) is 0 Å². The van der Waals surface area contributed by atoms with Crippen LogP contribution in [0.5, 0.6) is 5.75 Å². The Labute approximate surface area is 127 Å². The van der Waals surface area contributed by atoms with Crippen molar-refractivity contribution in [2.45, 2.75) is 39.7 Å². The quantitative estimate of drug-likeness (QED) is 0.812. The Morgan fingerprint density at radius 3 is 2.50 bits per heavy atom. The summed E-state index contributed by atoms with van der Waals surface area (Å²) in [6.07, 6.45) is 1.19. The van der Waals surface area contributed by atoms with Gasteiger partial charge in [-0.15, -0.1) is 12.4 Å². The molecule has 0 saturated carbocycles. The van der Waals surface area contributed by atoms with Gasteiger partial charge in [-0.25, -0.2) is 0 Å². The van der Waals surface area contributed by atoms with Crippen LogP contribution in [0.15, 0.2) is 18.2 Å². The number of nitrogens with two attached hydrogens (primary N) is 1.